The van der Waals surface area contributed by atoms with E-state index in [1.54, 1.807) is 0 Å². The fraction of sp³-hybridized carbons (Fsp3) is 0.538. The summed E-state index contributed by atoms with van der Waals surface area (Å²) < 4.78 is 26.5. The van der Waals surface area contributed by atoms with Crippen LogP contribution in [0.2, 0.25) is 0 Å². The van der Waals surface area contributed by atoms with Crippen LogP contribution in [0.1, 0.15) is 24.8 Å². The van der Waals surface area contributed by atoms with Crippen LogP contribution >= 0.6 is 11.8 Å². The second-order valence-corrected chi connectivity index (χ2v) is 4.92. The van der Waals surface area contributed by atoms with Gasteiger partial charge in [0.1, 0.15) is 11.6 Å². The van der Waals surface area contributed by atoms with Crippen molar-refractivity contribution >= 4 is 11.8 Å². The molecule has 1 aromatic rings. The number of hydrogen-bond donors (Lipinski definition) is 1. The quantitative estimate of drug-likeness (QED) is 0.716. The van der Waals surface area contributed by atoms with Crippen molar-refractivity contribution in [2.45, 2.75) is 25.8 Å². The molecule has 1 N–H and O–H groups in total. The van der Waals surface area contributed by atoms with Crippen LogP contribution in [0, 0.1) is 11.6 Å². The first-order chi connectivity index (χ1) is 8.25. The summed E-state index contributed by atoms with van der Waals surface area (Å²) in [7, 11) is 0. The van der Waals surface area contributed by atoms with E-state index in [4.69, 9.17) is 0 Å². The van der Waals surface area contributed by atoms with Crippen LogP contribution in [-0.4, -0.2) is 18.6 Å². The van der Waals surface area contributed by atoms with Gasteiger partial charge >= 0.3 is 0 Å². The summed E-state index contributed by atoms with van der Waals surface area (Å²) >= 11 is 1.85. The van der Waals surface area contributed by atoms with Crippen molar-refractivity contribution in [3.8, 4) is 0 Å². The number of hydrogen-bond acceptors (Lipinski definition) is 2. The summed E-state index contributed by atoms with van der Waals surface area (Å²) in [6.45, 7) is 1.07. The highest BCUT2D eigenvalue weighted by molar-refractivity contribution is 7.98. The van der Waals surface area contributed by atoms with Crippen molar-refractivity contribution in [3.05, 3.63) is 35.4 Å². The van der Waals surface area contributed by atoms with Gasteiger partial charge in [-0.1, -0.05) is 12.5 Å². The Morgan fingerprint density at radius 2 is 1.82 bits per heavy atom. The molecule has 0 heterocycles. The van der Waals surface area contributed by atoms with E-state index in [0.717, 1.165) is 19.4 Å². The van der Waals surface area contributed by atoms with Gasteiger partial charge in [0.15, 0.2) is 0 Å². The van der Waals surface area contributed by atoms with Gasteiger partial charge in [0.05, 0.1) is 0 Å². The third-order valence-electron chi connectivity index (χ3n) is 2.57. The average molecular weight is 259 g/mol. The topological polar surface area (TPSA) is 12.0 Å². The lowest BCUT2D eigenvalue weighted by atomic mass is 10.2. The number of thioether (sulfide) groups is 1. The molecule has 0 unspecified atom stereocenters. The molecule has 0 aliphatic heterocycles. The van der Waals surface area contributed by atoms with Gasteiger partial charge in [-0.3, -0.25) is 0 Å². The highest BCUT2D eigenvalue weighted by Gasteiger charge is 2.06. The molecule has 0 aliphatic carbocycles. The zero-order valence-electron chi connectivity index (χ0n) is 10.1. The molecule has 0 aliphatic rings. The van der Waals surface area contributed by atoms with Crippen LogP contribution < -0.4 is 5.32 Å². The normalized spacial score (nSPS) is 10.8. The zero-order chi connectivity index (χ0) is 12.5. The van der Waals surface area contributed by atoms with Crippen LogP contribution in [0.5, 0.6) is 0 Å². The maximum atomic E-state index is 13.2. The zero-order valence-corrected chi connectivity index (χ0v) is 11.0. The predicted molar refractivity (Wildman–Crippen MR) is 70.3 cm³/mol. The first-order valence-electron chi connectivity index (χ1n) is 5.88. The van der Waals surface area contributed by atoms with E-state index in [2.05, 4.69) is 11.6 Å². The lowest BCUT2D eigenvalue weighted by Crippen LogP contribution is -2.16. The maximum absolute atomic E-state index is 13.2. The van der Waals surface area contributed by atoms with E-state index in [-0.39, 0.29) is 12.1 Å². The van der Waals surface area contributed by atoms with Crippen LogP contribution in [0.15, 0.2) is 18.2 Å². The molecule has 0 fully saturated rings. The Morgan fingerprint density at radius 1 is 1.12 bits per heavy atom. The van der Waals surface area contributed by atoms with Crippen molar-refractivity contribution in [3.63, 3.8) is 0 Å². The summed E-state index contributed by atoms with van der Waals surface area (Å²) in [5.41, 5.74) is 0.136. The molecule has 4 heteroatoms. The number of halogens is 2. The molecule has 1 rings (SSSR count). The van der Waals surface area contributed by atoms with Crippen LogP contribution in [0.25, 0.3) is 0 Å². The van der Waals surface area contributed by atoms with Gasteiger partial charge in [0.2, 0.25) is 0 Å². The summed E-state index contributed by atoms with van der Waals surface area (Å²) in [5.74, 6) is 0.238. The Hall–Kier alpha value is -0.610. The molecule has 0 radical (unpaired) electrons. The van der Waals surface area contributed by atoms with E-state index >= 15 is 0 Å². The second-order valence-electron chi connectivity index (χ2n) is 3.93. The van der Waals surface area contributed by atoms with Crippen molar-refractivity contribution in [2.24, 2.45) is 0 Å². The number of rotatable bonds is 8. The molecule has 0 amide bonds. The molecule has 0 atom stereocenters. The fourth-order valence-electron chi connectivity index (χ4n) is 1.59. The minimum absolute atomic E-state index is 0.136. The lowest BCUT2D eigenvalue weighted by molar-refractivity contribution is 0.529. The van der Waals surface area contributed by atoms with E-state index in [0.29, 0.717) is 0 Å². The number of unbranched alkanes of at least 4 members (excludes halogenated alkanes) is 2. The summed E-state index contributed by atoms with van der Waals surface area (Å²) in [6.07, 6.45) is 5.51. The monoisotopic (exact) mass is 259 g/mol. The highest BCUT2D eigenvalue weighted by atomic mass is 32.2. The maximum Gasteiger partial charge on any atom is 0.130 e. The van der Waals surface area contributed by atoms with Crippen molar-refractivity contribution in [1.82, 2.24) is 5.32 Å². The Labute approximate surface area is 106 Å². The standard InChI is InChI=1S/C13H19F2NS/c1-17-9-4-2-3-8-16-10-11-12(14)6-5-7-13(11)15/h5-7,16H,2-4,8-10H2,1H3. The van der Waals surface area contributed by atoms with E-state index < -0.39 is 11.6 Å². The SMILES string of the molecule is CSCCCCCNCc1c(F)cccc1F. The fourth-order valence-corrected chi connectivity index (χ4v) is 2.08. The Balaban J connectivity index is 2.18. The number of nitrogens with one attached hydrogen (secondary N) is 1. The van der Waals surface area contributed by atoms with Crippen molar-refractivity contribution in [1.29, 1.82) is 0 Å². The van der Waals surface area contributed by atoms with Gasteiger partial charge in [-0.05, 0) is 43.5 Å². The summed E-state index contributed by atoms with van der Waals surface area (Å²) in [6, 6.07) is 3.97. The first-order valence-corrected chi connectivity index (χ1v) is 7.27. The van der Waals surface area contributed by atoms with Gasteiger partial charge in [0, 0.05) is 12.1 Å². The second kappa shape index (κ2) is 8.48. The van der Waals surface area contributed by atoms with Gasteiger partial charge in [-0.15, -0.1) is 0 Å². The Kier molecular flexibility index (Phi) is 7.21. The molecule has 0 bridgehead atoms. The van der Waals surface area contributed by atoms with E-state index in [1.165, 1.54) is 30.4 Å². The van der Waals surface area contributed by atoms with Gasteiger partial charge in [-0.25, -0.2) is 8.78 Å². The minimum Gasteiger partial charge on any atom is -0.312 e. The van der Waals surface area contributed by atoms with E-state index in [1.807, 2.05) is 11.8 Å². The molecule has 1 aromatic carbocycles. The van der Waals surface area contributed by atoms with Crippen LogP contribution in [-0.2, 0) is 6.54 Å². The Morgan fingerprint density at radius 3 is 2.47 bits per heavy atom. The molecule has 17 heavy (non-hydrogen) atoms. The highest BCUT2D eigenvalue weighted by Crippen LogP contribution is 2.11. The molecule has 0 spiro atoms. The molecule has 1 nitrogen and oxygen atoms in total. The van der Waals surface area contributed by atoms with E-state index in [9.17, 15) is 8.78 Å². The van der Waals surface area contributed by atoms with Crippen molar-refractivity contribution < 1.29 is 8.78 Å². The van der Waals surface area contributed by atoms with Crippen LogP contribution in [0.3, 0.4) is 0 Å². The molecule has 96 valence electrons. The van der Waals surface area contributed by atoms with Crippen LogP contribution in [0.4, 0.5) is 8.78 Å². The molecule has 0 saturated carbocycles. The first kappa shape index (κ1) is 14.5. The minimum atomic E-state index is -0.472. The Bertz CT molecular complexity index is 311. The molecule has 0 saturated heterocycles. The number of benzene rings is 1. The third kappa shape index (κ3) is 5.50. The van der Waals surface area contributed by atoms with Gasteiger partial charge in [-0.2, -0.15) is 11.8 Å². The lowest BCUT2D eigenvalue weighted by Gasteiger charge is -2.06. The van der Waals surface area contributed by atoms with Crippen molar-refractivity contribution in [2.75, 3.05) is 18.6 Å². The summed E-state index contributed by atoms with van der Waals surface area (Å²) in [5, 5.41) is 3.07. The van der Waals surface area contributed by atoms with Gasteiger partial charge in [0.25, 0.3) is 0 Å². The van der Waals surface area contributed by atoms with Gasteiger partial charge < -0.3 is 5.32 Å². The molecular formula is C13H19F2NS. The molecule has 0 aromatic heterocycles. The largest absolute Gasteiger partial charge is 0.312 e. The average Bonchev–Trinajstić information content (AvgIpc) is 2.31. The molecular weight excluding hydrogens is 240 g/mol. The smallest absolute Gasteiger partial charge is 0.130 e. The third-order valence-corrected chi connectivity index (χ3v) is 3.26. The predicted octanol–water partition coefficient (Wildman–Crippen LogP) is 3.59. The summed E-state index contributed by atoms with van der Waals surface area (Å²) in [4.78, 5) is 0.